The van der Waals surface area contributed by atoms with Crippen molar-refractivity contribution >= 4 is 11.8 Å². The van der Waals surface area contributed by atoms with Gasteiger partial charge in [-0.1, -0.05) is 0 Å². The molecule has 0 radical (unpaired) electrons. The Balaban J connectivity index is 1.10. The van der Waals surface area contributed by atoms with Crippen LogP contribution in [0.4, 0.5) is 37.0 Å². The minimum atomic E-state index is -4.63. The highest BCUT2D eigenvalue weighted by atomic mass is 19.4. The number of urea groups is 1. The molecule has 2 aliphatic heterocycles. The molecule has 0 atom stereocenters. The number of carbonyl (C=O) groups is 1. The Kier molecular flexibility index (Phi) is 4.24. The van der Waals surface area contributed by atoms with E-state index >= 15 is 0 Å². The van der Waals surface area contributed by atoms with Crippen LogP contribution in [-0.4, -0.2) is 51.5 Å². The van der Waals surface area contributed by atoms with Gasteiger partial charge in [-0.05, 0) is 43.2 Å². The van der Waals surface area contributed by atoms with Gasteiger partial charge in [-0.25, -0.2) is 9.78 Å². The molecule has 188 valence electrons. The number of aromatic nitrogens is 3. The van der Waals surface area contributed by atoms with Crippen LogP contribution in [0.3, 0.4) is 0 Å². The first-order valence-corrected chi connectivity index (χ1v) is 11.3. The molecule has 2 aromatic rings. The summed E-state index contributed by atoms with van der Waals surface area (Å²) in [4.78, 5) is 17.9. The third-order valence-electron chi connectivity index (χ3n) is 8.28. The molecule has 13 heteroatoms. The Morgan fingerprint density at radius 3 is 2.43 bits per heavy atom. The maximum Gasteiger partial charge on any atom is 0.419 e. The molecule has 4 heterocycles. The van der Waals surface area contributed by atoms with Gasteiger partial charge in [-0.15, -0.1) is 0 Å². The fraction of sp³-hybridized carbons (Fsp3) is 0.591. The van der Waals surface area contributed by atoms with Gasteiger partial charge in [-0.3, -0.25) is 4.68 Å². The molecule has 2 amide bonds. The molecule has 0 unspecified atom stereocenters. The zero-order chi connectivity index (χ0) is 25.0. The molecule has 35 heavy (non-hydrogen) atoms. The summed E-state index contributed by atoms with van der Waals surface area (Å²) in [6.07, 6.45) is -6.59. The lowest BCUT2D eigenvalue weighted by atomic mass is 9.35. The molecule has 3 saturated carbocycles. The number of nitrogens with one attached hydrogen (secondary N) is 1. The third kappa shape index (κ3) is 3.15. The molecule has 4 fully saturated rings. The van der Waals surface area contributed by atoms with Crippen LogP contribution >= 0.6 is 0 Å². The number of likely N-dealkylation sites (tertiary alicyclic amines) is 1. The number of hydrogen-bond donors (Lipinski definition) is 2. The van der Waals surface area contributed by atoms with Crippen LogP contribution < -0.4 is 11.1 Å². The fourth-order valence-electron chi connectivity index (χ4n) is 6.45. The van der Waals surface area contributed by atoms with Crippen LogP contribution in [0.5, 0.6) is 0 Å². The molecule has 3 N–H and O–H groups in total. The Bertz CT molecular complexity index is 1210. The summed E-state index contributed by atoms with van der Waals surface area (Å²) >= 11 is 0. The second-order valence-electron chi connectivity index (χ2n) is 10.6. The van der Waals surface area contributed by atoms with E-state index in [0.717, 1.165) is 18.2 Å². The SMILES string of the molecule is Nc1ncc(-c2cc3n(n2)CCC32CN(C(=O)NCC34CC(C(F)(F)F)(C3)C4)C2)cc1C(F)(F)F. The molecule has 3 aliphatic carbocycles. The molecule has 7 rings (SSSR count). The monoisotopic (exact) mass is 500 g/mol. The molecule has 2 bridgehead atoms. The van der Waals surface area contributed by atoms with Crippen LogP contribution in [0, 0.1) is 10.8 Å². The first kappa shape index (κ1) is 22.5. The summed E-state index contributed by atoms with van der Waals surface area (Å²) in [6, 6.07) is 2.35. The number of rotatable bonds is 3. The van der Waals surface area contributed by atoms with Crippen LogP contribution in [0.1, 0.15) is 36.9 Å². The van der Waals surface area contributed by atoms with E-state index in [2.05, 4.69) is 15.4 Å². The van der Waals surface area contributed by atoms with Crippen molar-refractivity contribution in [3.05, 3.63) is 29.6 Å². The topological polar surface area (TPSA) is 89.1 Å². The van der Waals surface area contributed by atoms with E-state index in [-0.39, 0.29) is 42.8 Å². The molecule has 5 aliphatic rings. The average molecular weight is 500 g/mol. The average Bonchev–Trinajstić information content (AvgIpc) is 3.22. The molecular weight excluding hydrogens is 478 g/mol. The second kappa shape index (κ2) is 6.61. The maximum absolute atomic E-state index is 13.2. The van der Waals surface area contributed by atoms with E-state index in [4.69, 9.17) is 5.73 Å². The number of fused-ring (bicyclic) bond motifs is 2. The van der Waals surface area contributed by atoms with Gasteiger partial charge in [-0.2, -0.15) is 31.4 Å². The zero-order valence-electron chi connectivity index (χ0n) is 18.4. The quantitative estimate of drug-likeness (QED) is 0.625. The summed E-state index contributed by atoms with van der Waals surface area (Å²) < 4.78 is 80.4. The van der Waals surface area contributed by atoms with Crippen LogP contribution in [0.15, 0.2) is 18.3 Å². The highest BCUT2D eigenvalue weighted by Crippen LogP contribution is 2.78. The number of nitrogens with zero attached hydrogens (tertiary/aromatic N) is 4. The number of aryl methyl sites for hydroxylation is 1. The summed E-state index contributed by atoms with van der Waals surface area (Å²) in [6.45, 7) is 1.64. The second-order valence-corrected chi connectivity index (χ2v) is 10.6. The summed E-state index contributed by atoms with van der Waals surface area (Å²) in [5.41, 5.74) is 3.44. The first-order chi connectivity index (χ1) is 16.2. The highest BCUT2D eigenvalue weighted by Gasteiger charge is 2.78. The minimum absolute atomic E-state index is 0.0751. The minimum Gasteiger partial charge on any atom is -0.383 e. The molecular formula is C22H22F6N6O. The first-order valence-electron chi connectivity index (χ1n) is 11.3. The van der Waals surface area contributed by atoms with Gasteiger partial charge >= 0.3 is 18.4 Å². The Morgan fingerprint density at radius 1 is 1.11 bits per heavy atom. The maximum atomic E-state index is 13.2. The Labute approximate surface area is 195 Å². The van der Waals surface area contributed by atoms with Gasteiger partial charge in [0.25, 0.3) is 0 Å². The lowest BCUT2D eigenvalue weighted by molar-refractivity contribution is -0.360. The van der Waals surface area contributed by atoms with Gasteiger partial charge < -0.3 is 16.0 Å². The van der Waals surface area contributed by atoms with Crippen LogP contribution in [0.25, 0.3) is 11.3 Å². The predicted molar refractivity (Wildman–Crippen MR) is 111 cm³/mol. The van der Waals surface area contributed by atoms with E-state index in [1.165, 1.54) is 6.20 Å². The molecule has 7 nitrogen and oxygen atoms in total. The smallest absolute Gasteiger partial charge is 0.383 e. The largest absolute Gasteiger partial charge is 0.419 e. The third-order valence-corrected chi connectivity index (χ3v) is 8.28. The number of halogens is 6. The van der Waals surface area contributed by atoms with E-state index in [1.54, 1.807) is 15.6 Å². The number of amides is 2. The van der Waals surface area contributed by atoms with E-state index in [1.807, 2.05) is 0 Å². The standard InChI is InChI=1S/C22H22F6N6O/c23-21(24,25)13-3-12(5-30-16(13)29)14-4-15-19(1-2-34(15)32-14)10-33(11-19)17(35)31-9-18-6-20(7-18,8-18)22(26,27)28/h3-5H,1-2,6-11H2,(H2,29,30)(H,31,35). The number of pyridine rings is 1. The van der Waals surface area contributed by atoms with Crippen molar-refractivity contribution in [3.63, 3.8) is 0 Å². The van der Waals surface area contributed by atoms with Crippen molar-refractivity contribution in [1.29, 1.82) is 0 Å². The van der Waals surface area contributed by atoms with E-state index in [0.29, 0.717) is 25.3 Å². The van der Waals surface area contributed by atoms with E-state index < -0.39 is 34.6 Å². The van der Waals surface area contributed by atoms with Crippen molar-refractivity contribution in [2.45, 2.75) is 50.0 Å². The van der Waals surface area contributed by atoms with Gasteiger partial charge in [0.1, 0.15) is 5.82 Å². The number of alkyl halides is 6. The van der Waals surface area contributed by atoms with Crippen molar-refractivity contribution in [2.75, 3.05) is 25.4 Å². The number of hydrogen-bond acceptors (Lipinski definition) is 4. The number of nitrogens with two attached hydrogens (primary N) is 1. The van der Waals surface area contributed by atoms with Gasteiger partial charge in [0.2, 0.25) is 0 Å². The summed E-state index contributed by atoms with van der Waals surface area (Å²) in [5, 5.41) is 7.23. The molecule has 2 aromatic heterocycles. The van der Waals surface area contributed by atoms with Crippen molar-refractivity contribution in [1.82, 2.24) is 25.0 Å². The van der Waals surface area contributed by atoms with Gasteiger partial charge in [0, 0.05) is 49.0 Å². The van der Waals surface area contributed by atoms with Gasteiger partial charge in [0.05, 0.1) is 16.7 Å². The van der Waals surface area contributed by atoms with Crippen molar-refractivity contribution in [2.24, 2.45) is 10.8 Å². The lowest BCUT2D eigenvalue weighted by Gasteiger charge is -2.70. The summed E-state index contributed by atoms with van der Waals surface area (Å²) in [5.74, 6) is -0.599. The predicted octanol–water partition coefficient (Wildman–Crippen LogP) is 3.95. The number of anilines is 1. The Morgan fingerprint density at radius 2 is 1.80 bits per heavy atom. The molecule has 1 saturated heterocycles. The van der Waals surface area contributed by atoms with E-state index in [9.17, 15) is 31.1 Å². The summed E-state index contributed by atoms with van der Waals surface area (Å²) in [7, 11) is 0. The lowest BCUT2D eigenvalue weighted by Crippen LogP contribution is -2.71. The van der Waals surface area contributed by atoms with Gasteiger partial charge in [0.15, 0.2) is 0 Å². The van der Waals surface area contributed by atoms with Crippen molar-refractivity contribution < 1.29 is 31.1 Å². The Hall–Kier alpha value is -2.99. The number of carbonyl (C=O) groups excluding carboxylic acids is 1. The normalized spacial score (nSPS) is 28.2. The molecule has 0 aromatic carbocycles. The van der Waals surface area contributed by atoms with Crippen LogP contribution in [0.2, 0.25) is 0 Å². The fourth-order valence-corrected chi connectivity index (χ4v) is 6.45. The highest BCUT2D eigenvalue weighted by molar-refractivity contribution is 5.76. The van der Waals surface area contributed by atoms with Crippen molar-refractivity contribution in [3.8, 4) is 11.3 Å². The zero-order valence-corrected chi connectivity index (χ0v) is 18.4. The molecule has 1 spiro atoms. The van der Waals surface area contributed by atoms with Crippen LogP contribution in [-0.2, 0) is 18.1 Å². The number of nitrogen functional groups attached to an aromatic ring is 1.